The Hall–Kier alpha value is -1.94. The molecule has 3 rings (SSSR count). The van der Waals surface area contributed by atoms with Crippen LogP contribution in [0.2, 0.25) is 0 Å². The first kappa shape index (κ1) is 14.0. The van der Waals surface area contributed by atoms with Crippen molar-refractivity contribution in [2.45, 2.75) is 39.3 Å². The molecule has 21 heavy (non-hydrogen) atoms. The number of aromatic nitrogens is 2. The Kier molecular flexibility index (Phi) is 3.64. The van der Waals surface area contributed by atoms with Gasteiger partial charge in [-0.25, -0.2) is 4.68 Å². The smallest absolute Gasteiger partial charge is 0.271 e. The average Bonchev–Trinajstić information content (AvgIpc) is 3.27. The van der Waals surface area contributed by atoms with Gasteiger partial charge in [0.15, 0.2) is 0 Å². The van der Waals surface area contributed by atoms with Crippen molar-refractivity contribution in [1.29, 1.82) is 0 Å². The van der Waals surface area contributed by atoms with E-state index in [9.17, 15) is 4.79 Å². The summed E-state index contributed by atoms with van der Waals surface area (Å²) in [5.74, 6) is 0. The molecule has 1 heterocycles. The molecule has 110 valence electrons. The van der Waals surface area contributed by atoms with Gasteiger partial charge in [-0.1, -0.05) is 12.1 Å². The van der Waals surface area contributed by atoms with Crippen LogP contribution in [0.1, 0.15) is 29.5 Å². The summed E-state index contributed by atoms with van der Waals surface area (Å²) in [6.07, 6.45) is 2.44. The van der Waals surface area contributed by atoms with E-state index in [0.29, 0.717) is 12.6 Å². The van der Waals surface area contributed by atoms with Gasteiger partial charge in [0.1, 0.15) is 0 Å². The first-order valence-corrected chi connectivity index (χ1v) is 7.43. The number of benzene rings is 1. The van der Waals surface area contributed by atoms with E-state index >= 15 is 0 Å². The van der Waals surface area contributed by atoms with Crippen molar-refractivity contribution < 1.29 is 0 Å². The minimum atomic E-state index is -0.0178. The Bertz CT molecular complexity index is 729. The van der Waals surface area contributed by atoms with Gasteiger partial charge in [-0.3, -0.25) is 4.79 Å². The van der Waals surface area contributed by atoms with Gasteiger partial charge in [-0.15, -0.1) is 0 Å². The molecular formula is C17H21N3O. The van der Waals surface area contributed by atoms with Crippen LogP contribution in [0.25, 0.3) is 11.3 Å². The summed E-state index contributed by atoms with van der Waals surface area (Å²) < 4.78 is 1.44. The fourth-order valence-corrected chi connectivity index (χ4v) is 2.38. The summed E-state index contributed by atoms with van der Waals surface area (Å²) in [5, 5.41) is 7.79. The summed E-state index contributed by atoms with van der Waals surface area (Å²) in [4.78, 5) is 12.2. The highest BCUT2D eigenvalue weighted by molar-refractivity contribution is 5.61. The Labute approximate surface area is 124 Å². The van der Waals surface area contributed by atoms with Crippen LogP contribution in [0.5, 0.6) is 0 Å². The first-order chi connectivity index (χ1) is 10.0. The van der Waals surface area contributed by atoms with Gasteiger partial charge < -0.3 is 5.32 Å². The lowest BCUT2D eigenvalue weighted by Gasteiger charge is -2.09. The van der Waals surface area contributed by atoms with Gasteiger partial charge in [-0.05, 0) is 49.9 Å². The predicted molar refractivity (Wildman–Crippen MR) is 84.2 cm³/mol. The Morgan fingerprint density at radius 3 is 2.67 bits per heavy atom. The van der Waals surface area contributed by atoms with Gasteiger partial charge in [0.25, 0.3) is 5.56 Å². The number of aryl methyl sites for hydroxylation is 3. The molecule has 2 aromatic rings. The molecule has 4 nitrogen and oxygen atoms in total. The minimum Gasteiger partial charge on any atom is -0.310 e. The Balaban J connectivity index is 1.97. The summed E-state index contributed by atoms with van der Waals surface area (Å²) in [6.45, 7) is 4.81. The maximum atomic E-state index is 12.2. The molecule has 1 N–H and O–H groups in total. The van der Waals surface area contributed by atoms with Gasteiger partial charge in [0, 0.05) is 30.8 Å². The third-order valence-electron chi connectivity index (χ3n) is 4.10. The van der Waals surface area contributed by atoms with E-state index in [4.69, 9.17) is 0 Å². The third-order valence-corrected chi connectivity index (χ3v) is 4.10. The topological polar surface area (TPSA) is 46.9 Å². The maximum Gasteiger partial charge on any atom is 0.271 e. The normalized spacial score (nSPS) is 14.4. The summed E-state index contributed by atoms with van der Waals surface area (Å²) in [5.41, 5.74) is 5.18. The molecule has 1 saturated carbocycles. The average molecular weight is 283 g/mol. The molecule has 0 amide bonds. The van der Waals surface area contributed by atoms with Gasteiger partial charge in [0.2, 0.25) is 0 Å². The van der Waals surface area contributed by atoms with Crippen LogP contribution in [0.15, 0.2) is 29.1 Å². The van der Waals surface area contributed by atoms with Crippen LogP contribution < -0.4 is 10.9 Å². The number of hydrogen-bond acceptors (Lipinski definition) is 3. The molecule has 0 radical (unpaired) electrons. The minimum absolute atomic E-state index is 0.0178. The lowest BCUT2D eigenvalue weighted by Crippen LogP contribution is -2.28. The standard InChI is InChI=1S/C17H21N3O/c1-11-4-5-13(8-12(11)2)16-9-14(10-18-15-6-7-15)17(21)20(3)19-16/h4-5,8-9,15,18H,6-7,10H2,1-3H3. The molecule has 0 atom stereocenters. The van der Waals surface area contributed by atoms with Crippen molar-refractivity contribution in [3.05, 3.63) is 51.3 Å². The lowest BCUT2D eigenvalue weighted by molar-refractivity contribution is 0.648. The van der Waals surface area contributed by atoms with Crippen LogP contribution in [-0.4, -0.2) is 15.8 Å². The second kappa shape index (κ2) is 5.45. The molecule has 4 heteroatoms. The van der Waals surface area contributed by atoms with Gasteiger partial charge in [-0.2, -0.15) is 5.10 Å². The van der Waals surface area contributed by atoms with Crippen molar-refractivity contribution in [2.24, 2.45) is 7.05 Å². The highest BCUT2D eigenvalue weighted by atomic mass is 16.1. The van der Waals surface area contributed by atoms with E-state index in [1.165, 1.54) is 28.7 Å². The second-order valence-electron chi connectivity index (χ2n) is 5.94. The Morgan fingerprint density at radius 1 is 1.24 bits per heavy atom. The van der Waals surface area contributed by atoms with E-state index < -0.39 is 0 Å². The van der Waals surface area contributed by atoms with Crippen LogP contribution >= 0.6 is 0 Å². The largest absolute Gasteiger partial charge is 0.310 e. The summed E-state index contributed by atoms with van der Waals surface area (Å²) in [7, 11) is 1.72. The fourth-order valence-electron chi connectivity index (χ4n) is 2.38. The molecule has 0 saturated heterocycles. The van der Waals surface area contributed by atoms with E-state index in [2.05, 4.69) is 42.5 Å². The van der Waals surface area contributed by atoms with Crippen LogP contribution in [-0.2, 0) is 13.6 Å². The van der Waals surface area contributed by atoms with Crippen molar-refractivity contribution >= 4 is 0 Å². The monoisotopic (exact) mass is 283 g/mol. The molecule has 1 aliphatic carbocycles. The van der Waals surface area contributed by atoms with Crippen LogP contribution in [0, 0.1) is 13.8 Å². The number of hydrogen-bond donors (Lipinski definition) is 1. The van der Waals surface area contributed by atoms with E-state index in [1.54, 1.807) is 7.05 Å². The molecule has 0 unspecified atom stereocenters. The molecule has 1 aromatic carbocycles. The van der Waals surface area contributed by atoms with Crippen molar-refractivity contribution in [3.63, 3.8) is 0 Å². The summed E-state index contributed by atoms with van der Waals surface area (Å²) in [6, 6.07) is 8.79. The molecule has 0 bridgehead atoms. The SMILES string of the molecule is Cc1ccc(-c2cc(CNC3CC3)c(=O)n(C)n2)cc1C. The highest BCUT2D eigenvalue weighted by Gasteiger charge is 2.21. The molecular weight excluding hydrogens is 262 g/mol. The molecule has 0 aliphatic heterocycles. The van der Waals surface area contributed by atoms with E-state index in [1.807, 2.05) is 6.07 Å². The summed E-state index contributed by atoms with van der Waals surface area (Å²) >= 11 is 0. The number of nitrogens with zero attached hydrogens (tertiary/aromatic N) is 2. The van der Waals surface area contributed by atoms with Gasteiger partial charge in [0.05, 0.1) is 5.69 Å². The number of nitrogens with one attached hydrogen (secondary N) is 1. The van der Waals surface area contributed by atoms with Crippen LogP contribution in [0.3, 0.4) is 0 Å². The zero-order chi connectivity index (χ0) is 15.0. The third kappa shape index (κ3) is 3.05. The Morgan fingerprint density at radius 2 is 2.00 bits per heavy atom. The molecule has 1 aliphatic rings. The van der Waals surface area contributed by atoms with Crippen molar-refractivity contribution in [1.82, 2.24) is 15.1 Å². The zero-order valence-electron chi connectivity index (χ0n) is 12.8. The molecule has 1 fully saturated rings. The zero-order valence-corrected chi connectivity index (χ0v) is 12.8. The van der Waals surface area contributed by atoms with Crippen molar-refractivity contribution in [3.8, 4) is 11.3 Å². The maximum absolute atomic E-state index is 12.2. The van der Waals surface area contributed by atoms with E-state index in [0.717, 1.165) is 16.8 Å². The number of rotatable bonds is 4. The second-order valence-corrected chi connectivity index (χ2v) is 5.94. The quantitative estimate of drug-likeness (QED) is 0.936. The molecule has 1 aromatic heterocycles. The first-order valence-electron chi connectivity index (χ1n) is 7.43. The lowest BCUT2D eigenvalue weighted by atomic mass is 10.0. The van der Waals surface area contributed by atoms with Crippen molar-refractivity contribution in [2.75, 3.05) is 0 Å². The molecule has 0 spiro atoms. The van der Waals surface area contributed by atoms with Crippen LogP contribution in [0.4, 0.5) is 0 Å². The fraction of sp³-hybridized carbons (Fsp3) is 0.412. The predicted octanol–water partition coefficient (Wildman–Crippen LogP) is 2.32. The highest BCUT2D eigenvalue weighted by Crippen LogP contribution is 2.21. The van der Waals surface area contributed by atoms with E-state index in [-0.39, 0.29) is 5.56 Å². The van der Waals surface area contributed by atoms with Gasteiger partial charge >= 0.3 is 0 Å².